The summed E-state index contributed by atoms with van der Waals surface area (Å²) in [5, 5.41) is 16.7. The van der Waals surface area contributed by atoms with E-state index in [-0.39, 0.29) is 29.2 Å². The fourth-order valence-electron chi connectivity index (χ4n) is 2.46. The van der Waals surface area contributed by atoms with Gasteiger partial charge in [0.25, 0.3) is 11.6 Å². The molecule has 20 heavy (non-hydrogen) atoms. The van der Waals surface area contributed by atoms with Crippen LogP contribution in [0.15, 0.2) is 18.2 Å². The third-order valence-corrected chi connectivity index (χ3v) is 3.59. The lowest BCUT2D eigenvalue weighted by atomic mass is 10.1. The second kappa shape index (κ2) is 5.87. The van der Waals surface area contributed by atoms with Gasteiger partial charge in [-0.15, -0.1) is 0 Å². The molecule has 0 spiro atoms. The zero-order valence-corrected chi connectivity index (χ0v) is 11.3. The number of nitro benzene ring substituents is 1. The first-order valence-corrected chi connectivity index (χ1v) is 6.55. The summed E-state index contributed by atoms with van der Waals surface area (Å²) in [7, 11) is 1.48. The highest BCUT2D eigenvalue weighted by molar-refractivity contribution is 5.95. The highest BCUT2D eigenvalue weighted by atomic mass is 16.6. The Morgan fingerprint density at radius 2 is 2.20 bits per heavy atom. The molecular formula is C13H18N4O3. The van der Waals surface area contributed by atoms with Gasteiger partial charge < -0.3 is 16.4 Å². The van der Waals surface area contributed by atoms with Crippen molar-refractivity contribution >= 4 is 17.3 Å². The van der Waals surface area contributed by atoms with E-state index in [1.807, 2.05) is 0 Å². The van der Waals surface area contributed by atoms with Gasteiger partial charge in [0, 0.05) is 30.8 Å². The van der Waals surface area contributed by atoms with Crippen molar-refractivity contribution in [3.8, 4) is 0 Å². The van der Waals surface area contributed by atoms with Gasteiger partial charge in [0.15, 0.2) is 0 Å². The standard InChI is InChI=1S/C13H18N4O3/c1-15-13(18)8-5-6-11(12(7-8)17(19)20)16-10-4-2-3-9(10)14/h5-7,9-10,16H,2-4,14H2,1H3,(H,15,18). The SMILES string of the molecule is CNC(=O)c1ccc(NC2CCCC2N)c([N+](=O)[O-])c1. The van der Waals surface area contributed by atoms with Crippen molar-refractivity contribution in [1.29, 1.82) is 0 Å². The van der Waals surface area contributed by atoms with Crippen LogP contribution in [-0.2, 0) is 0 Å². The van der Waals surface area contributed by atoms with Crippen molar-refractivity contribution in [2.24, 2.45) is 5.73 Å². The summed E-state index contributed by atoms with van der Waals surface area (Å²) in [4.78, 5) is 22.2. The van der Waals surface area contributed by atoms with Gasteiger partial charge in [-0.3, -0.25) is 14.9 Å². The molecule has 0 aromatic heterocycles. The maximum atomic E-state index is 11.5. The number of amides is 1. The smallest absolute Gasteiger partial charge is 0.293 e. The summed E-state index contributed by atoms with van der Waals surface area (Å²) < 4.78 is 0. The average Bonchev–Trinajstić information content (AvgIpc) is 2.83. The van der Waals surface area contributed by atoms with Crippen LogP contribution in [-0.4, -0.2) is 30.0 Å². The zero-order valence-electron chi connectivity index (χ0n) is 11.3. The minimum Gasteiger partial charge on any atom is -0.375 e. The Balaban J connectivity index is 2.28. The van der Waals surface area contributed by atoms with Crippen LogP contribution in [0.3, 0.4) is 0 Å². The number of carbonyl (C=O) groups is 1. The number of nitrogens with zero attached hydrogens (tertiary/aromatic N) is 1. The molecule has 108 valence electrons. The lowest BCUT2D eigenvalue weighted by Gasteiger charge is -2.18. The zero-order chi connectivity index (χ0) is 14.7. The first-order chi connectivity index (χ1) is 9.52. The Bertz CT molecular complexity index is 532. The predicted molar refractivity (Wildman–Crippen MR) is 75.7 cm³/mol. The summed E-state index contributed by atoms with van der Waals surface area (Å²) in [5.41, 5.74) is 6.52. The van der Waals surface area contributed by atoms with Gasteiger partial charge in [-0.05, 0) is 31.4 Å². The molecule has 2 atom stereocenters. The molecule has 1 aliphatic rings. The van der Waals surface area contributed by atoms with E-state index < -0.39 is 4.92 Å². The van der Waals surface area contributed by atoms with Gasteiger partial charge in [-0.25, -0.2) is 0 Å². The molecule has 0 radical (unpaired) electrons. The van der Waals surface area contributed by atoms with Crippen LogP contribution in [0.5, 0.6) is 0 Å². The van der Waals surface area contributed by atoms with E-state index in [9.17, 15) is 14.9 Å². The molecule has 0 heterocycles. The summed E-state index contributed by atoms with van der Waals surface area (Å²) in [6, 6.07) is 4.46. The average molecular weight is 278 g/mol. The normalized spacial score (nSPS) is 21.5. The van der Waals surface area contributed by atoms with Crippen molar-refractivity contribution in [2.45, 2.75) is 31.3 Å². The number of benzene rings is 1. The van der Waals surface area contributed by atoms with Crippen LogP contribution in [0, 0.1) is 10.1 Å². The molecule has 7 nitrogen and oxygen atoms in total. The molecule has 1 fully saturated rings. The number of rotatable bonds is 4. The van der Waals surface area contributed by atoms with Gasteiger partial charge in [0.1, 0.15) is 5.69 Å². The van der Waals surface area contributed by atoms with E-state index in [1.54, 1.807) is 12.1 Å². The Morgan fingerprint density at radius 1 is 1.45 bits per heavy atom. The summed E-state index contributed by atoms with van der Waals surface area (Å²) in [6.07, 6.45) is 2.83. The highest BCUT2D eigenvalue weighted by Crippen LogP contribution is 2.29. The fraction of sp³-hybridized carbons (Fsp3) is 0.462. The van der Waals surface area contributed by atoms with E-state index in [0.717, 1.165) is 19.3 Å². The van der Waals surface area contributed by atoms with E-state index in [1.165, 1.54) is 13.1 Å². The summed E-state index contributed by atoms with van der Waals surface area (Å²) in [6.45, 7) is 0. The molecule has 0 aliphatic heterocycles. The Labute approximate surface area is 116 Å². The van der Waals surface area contributed by atoms with E-state index in [4.69, 9.17) is 5.73 Å². The van der Waals surface area contributed by atoms with Gasteiger partial charge >= 0.3 is 0 Å². The van der Waals surface area contributed by atoms with Crippen LogP contribution >= 0.6 is 0 Å². The van der Waals surface area contributed by atoms with Crippen molar-refractivity contribution in [3.05, 3.63) is 33.9 Å². The van der Waals surface area contributed by atoms with Crippen LogP contribution in [0.1, 0.15) is 29.6 Å². The number of anilines is 1. The largest absolute Gasteiger partial charge is 0.375 e. The lowest BCUT2D eigenvalue weighted by molar-refractivity contribution is -0.384. The van der Waals surface area contributed by atoms with Crippen LogP contribution in [0.2, 0.25) is 0 Å². The number of nitrogens with two attached hydrogens (primary N) is 1. The van der Waals surface area contributed by atoms with Gasteiger partial charge in [-0.2, -0.15) is 0 Å². The molecule has 1 amide bonds. The van der Waals surface area contributed by atoms with Crippen molar-refractivity contribution in [1.82, 2.24) is 5.32 Å². The number of nitrogens with one attached hydrogen (secondary N) is 2. The molecule has 1 aromatic rings. The van der Waals surface area contributed by atoms with Crippen LogP contribution in [0.25, 0.3) is 0 Å². The molecule has 2 unspecified atom stereocenters. The second-order valence-corrected chi connectivity index (χ2v) is 4.91. The van der Waals surface area contributed by atoms with Crippen LogP contribution < -0.4 is 16.4 Å². The van der Waals surface area contributed by atoms with E-state index >= 15 is 0 Å². The van der Waals surface area contributed by atoms with Gasteiger partial charge in [0.05, 0.1) is 4.92 Å². The summed E-state index contributed by atoms with van der Waals surface area (Å²) >= 11 is 0. The third-order valence-electron chi connectivity index (χ3n) is 3.59. The molecule has 1 saturated carbocycles. The molecule has 1 aromatic carbocycles. The minimum atomic E-state index is -0.491. The Kier molecular flexibility index (Phi) is 4.19. The van der Waals surface area contributed by atoms with E-state index in [0.29, 0.717) is 5.69 Å². The number of carbonyl (C=O) groups excluding carboxylic acids is 1. The molecule has 1 aliphatic carbocycles. The molecule has 2 rings (SSSR count). The lowest BCUT2D eigenvalue weighted by Crippen LogP contribution is -2.35. The highest BCUT2D eigenvalue weighted by Gasteiger charge is 2.26. The van der Waals surface area contributed by atoms with Crippen molar-refractivity contribution < 1.29 is 9.72 Å². The van der Waals surface area contributed by atoms with Gasteiger partial charge in [-0.1, -0.05) is 0 Å². The topological polar surface area (TPSA) is 110 Å². The fourth-order valence-corrected chi connectivity index (χ4v) is 2.46. The monoisotopic (exact) mass is 278 g/mol. The van der Waals surface area contributed by atoms with Crippen molar-refractivity contribution in [2.75, 3.05) is 12.4 Å². The number of nitro groups is 1. The molecule has 0 saturated heterocycles. The van der Waals surface area contributed by atoms with Gasteiger partial charge in [0.2, 0.25) is 0 Å². The molecular weight excluding hydrogens is 260 g/mol. The third kappa shape index (κ3) is 2.88. The van der Waals surface area contributed by atoms with Crippen molar-refractivity contribution in [3.63, 3.8) is 0 Å². The first kappa shape index (κ1) is 14.3. The first-order valence-electron chi connectivity index (χ1n) is 6.55. The summed E-state index contributed by atoms with van der Waals surface area (Å²) in [5.74, 6) is -0.350. The quantitative estimate of drug-likeness (QED) is 0.567. The maximum absolute atomic E-state index is 11.5. The molecule has 0 bridgehead atoms. The molecule has 4 N–H and O–H groups in total. The Hall–Kier alpha value is -2.15. The van der Waals surface area contributed by atoms with Crippen LogP contribution in [0.4, 0.5) is 11.4 Å². The molecule has 7 heteroatoms. The Morgan fingerprint density at radius 3 is 2.75 bits per heavy atom. The predicted octanol–water partition coefficient (Wildman–Crippen LogP) is 1.25. The number of hydrogen-bond donors (Lipinski definition) is 3. The minimum absolute atomic E-state index is 0.00761. The maximum Gasteiger partial charge on any atom is 0.293 e. The number of hydrogen-bond acceptors (Lipinski definition) is 5. The van der Waals surface area contributed by atoms with E-state index in [2.05, 4.69) is 10.6 Å². The second-order valence-electron chi connectivity index (χ2n) is 4.91.